The number of nitrogens with one attached hydrogen (secondary N) is 1. The van der Waals surface area contributed by atoms with Crippen molar-refractivity contribution in [2.45, 2.75) is 18.5 Å². The van der Waals surface area contributed by atoms with Crippen molar-refractivity contribution in [3.63, 3.8) is 0 Å². The third-order valence-electron chi connectivity index (χ3n) is 2.50. The van der Waals surface area contributed by atoms with Gasteiger partial charge < -0.3 is 5.32 Å². The molecule has 0 aliphatic heterocycles. The third kappa shape index (κ3) is 2.29. The quantitative estimate of drug-likeness (QED) is 0.791. The fourth-order valence-corrected chi connectivity index (χ4v) is 1.51. The van der Waals surface area contributed by atoms with Crippen molar-refractivity contribution in [2.24, 2.45) is 0 Å². The van der Waals surface area contributed by atoms with Gasteiger partial charge in [-0.3, -0.25) is 4.79 Å². The Morgan fingerprint density at radius 3 is 2.47 bits per heavy atom. The highest BCUT2D eigenvalue weighted by Crippen LogP contribution is 2.49. The average molecular weight is 228 g/mol. The highest BCUT2D eigenvalue weighted by molar-refractivity contribution is 6.29. The molecule has 4 heteroatoms. The van der Waals surface area contributed by atoms with Crippen LogP contribution in [0.5, 0.6) is 0 Å². The molecule has 1 saturated carbocycles. The molecule has 1 aromatic rings. The molecule has 0 aromatic heterocycles. The molecule has 1 aromatic carbocycles. The molecule has 0 unspecified atom stereocenters. The number of carbonyl (C=O) groups is 1. The normalized spacial score (nSPS) is 17.2. The van der Waals surface area contributed by atoms with Gasteiger partial charge in [-0.2, -0.15) is 0 Å². The Morgan fingerprint density at radius 2 is 2.00 bits per heavy atom. The van der Waals surface area contributed by atoms with Crippen molar-refractivity contribution < 1.29 is 9.18 Å². The maximum absolute atomic E-state index is 13.6. The van der Waals surface area contributed by atoms with E-state index in [0.717, 1.165) is 0 Å². The Labute approximate surface area is 92.4 Å². The van der Waals surface area contributed by atoms with E-state index in [1.54, 1.807) is 24.3 Å². The Bertz CT molecular complexity index is 373. The van der Waals surface area contributed by atoms with E-state index in [4.69, 9.17) is 11.6 Å². The van der Waals surface area contributed by atoms with Gasteiger partial charge in [0, 0.05) is 5.69 Å². The first-order chi connectivity index (χ1) is 7.14. The van der Waals surface area contributed by atoms with E-state index >= 15 is 0 Å². The second kappa shape index (κ2) is 3.81. The molecule has 1 fully saturated rings. The van der Waals surface area contributed by atoms with Crippen LogP contribution in [0.1, 0.15) is 18.4 Å². The number of hydrogen-bond donors (Lipinski definition) is 1. The zero-order valence-electron chi connectivity index (χ0n) is 8.09. The number of anilines is 1. The van der Waals surface area contributed by atoms with Crippen LogP contribution in [0.2, 0.25) is 0 Å². The van der Waals surface area contributed by atoms with Crippen molar-refractivity contribution >= 4 is 23.2 Å². The summed E-state index contributed by atoms with van der Waals surface area (Å²) in [6.07, 6.45) is 1.20. The highest BCUT2D eigenvalue weighted by Gasteiger charge is 2.44. The van der Waals surface area contributed by atoms with Gasteiger partial charge >= 0.3 is 0 Å². The van der Waals surface area contributed by atoms with Gasteiger partial charge in [-0.05, 0) is 30.5 Å². The monoisotopic (exact) mass is 227 g/mol. The molecule has 1 aliphatic carbocycles. The standard InChI is InChI=1S/C11H11ClFNO/c12-7-10(15)14-9-3-1-8(2-4-9)11(13)5-6-11/h1-4H,5-7H2,(H,14,15). The molecule has 2 nitrogen and oxygen atoms in total. The van der Waals surface area contributed by atoms with Crippen molar-refractivity contribution in [1.29, 1.82) is 0 Å². The maximum Gasteiger partial charge on any atom is 0.239 e. The minimum atomic E-state index is -1.12. The SMILES string of the molecule is O=C(CCl)Nc1ccc(C2(F)CC2)cc1. The summed E-state index contributed by atoms with van der Waals surface area (Å²) in [6, 6.07) is 6.80. The van der Waals surface area contributed by atoms with Crippen LogP contribution in [0.3, 0.4) is 0 Å². The summed E-state index contributed by atoms with van der Waals surface area (Å²) >= 11 is 5.34. The van der Waals surface area contributed by atoms with Crippen LogP contribution in [0, 0.1) is 0 Å². The predicted octanol–water partition coefficient (Wildman–Crippen LogP) is 2.82. The summed E-state index contributed by atoms with van der Waals surface area (Å²) in [5.74, 6) is -0.333. The van der Waals surface area contributed by atoms with E-state index in [1.165, 1.54) is 0 Å². The smallest absolute Gasteiger partial charge is 0.239 e. The Hall–Kier alpha value is -1.09. The van der Waals surface area contributed by atoms with Crippen molar-refractivity contribution in [3.8, 4) is 0 Å². The molecular formula is C11H11ClFNO. The van der Waals surface area contributed by atoms with E-state index in [1.807, 2.05) is 0 Å². The molecule has 0 spiro atoms. The molecule has 0 bridgehead atoms. The maximum atomic E-state index is 13.6. The van der Waals surface area contributed by atoms with Crippen LogP contribution in [0.25, 0.3) is 0 Å². The first kappa shape index (κ1) is 10.4. The Balaban J connectivity index is 2.07. The number of hydrogen-bond acceptors (Lipinski definition) is 1. The lowest BCUT2D eigenvalue weighted by atomic mass is 10.1. The molecule has 1 amide bonds. The van der Waals surface area contributed by atoms with Gasteiger partial charge in [-0.1, -0.05) is 12.1 Å². The zero-order valence-corrected chi connectivity index (χ0v) is 8.85. The van der Waals surface area contributed by atoms with Crippen LogP contribution >= 0.6 is 11.6 Å². The van der Waals surface area contributed by atoms with Gasteiger partial charge in [0.15, 0.2) is 0 Å². The second-order valence-corrected chi connectivity index (χ2v) is 3.99. The number of amides is 1. The topological polar surface area (TPSA) is 29.1 Å². The van der Waals surface area contributed by atoms with E-state index < -0.39 is 5.67 Å². The van der Waals surface area contributed by atoms with Crippen LogP contribution < -0.4 is 5.32 Å². The summed E-state index contributed by atoms with van der Waals surface area (Å²) in [5.41, 5.74) is 0.217. The van der Waals surface area contributed by atoms with Gasteiger partial charge in [-0.15, -0.1) is 11.6 Å². The summed E-state index contributed by atoms with van der Waals surface area (Å²) in [4.78, 5) is 11.0. The first-order valence-electron chi connectivity index (χ1n) is 4.79. The van der Waals surface area contributed by atoms with E-state index in [-0.39, 0.29) is 11.8 Å². The Kier molecular flexibility index (Phi) is 2.65. The summed E-state index contributed by atoms with van der Waals surface area (Å²) in [7, 11) is 0. The fourth-order valence-electron chi connectivity index (χ4n) is 1.45. The molecule has 0 saturated heterocycles. The van der Waals surface area contributed by atoms with Gasteiger partial charge in [0.2, 0.25) is 5.91 Å². The lowest BCUT2D eigenvalue weighted by Crippen LogP contribution is -2.12. The minimum Gasteiger partial charge on any atom is -0.325 e. The average Bonchev–Trinajstić information content (AvgIpc) is 2.98. The second-order valence-electron chi connectivity index (χ2n) is 3.72. The van der Waals surface area contributed by atoms with Crippen LogP contribution in [-0.4, -0.2) is 11.8 Å². The largest absolute Gasteiger partial charge is 0.325 e. The van der Waals surface area contributed by atoms with Crippen LogP contribution in [0.4, 0.5) is 10.1 Å². The van der Waals surface area contributed by atoms with Crippen LogP contribution in [0.15, 0.2) is 24.3 Å². The fraction of sp³-hybridized carbons (Fsp3) is 0.364. The Morgan fingerprint density at radius 1 is 1.40 bits per heavy atom. The molecule has 0 atom stereocenters. The number of halogens is 2. The minimum absolute atomic E-state index is 0.0746. The molecule has 2 rings (SSSR count). The third-order valence-corrected chi connectivity index (χ3v) is 2.74. The summed E-state index contributed by atoms with van der Waals surface area (Å²) < 4.78 is 13.6. The van der Waals surface area contributed by atoms with Crippen molar-refractivity contribution in [2.75, 3.05) is 11.2 Å². The number of benzene rings is 1. The molecule has 0 heterocycles. The van der Waals surface area contributed by atoms with E-state index in [9.17, 15) is 9.18 Å². The van der Waals surface area contributed by atoms with Crippen LogP contribution in [-0.2, 0) is 10.5 Å². The lowest BCUT2D eigenvalue weighted by molar-refractivity contribution is -0.113. The van der Waals surface area contributed by atoms with E-state index in [0.29, 0.717) is 24.1 Å². The zero-order chi connectivity index (χ0) is 10.9. The van der Waals surface area contributed by atoms with Gasteiger partial charge in [0.05, 0.1) is 0 Å². The summed E-state index contributed by atoms with van der Waals surface area (Å²) in [5, 5.41) is 2.60. The van der Waals surface area contributed by atoms with Gasteiger partial charge in [0.1, 0.15) is 11.5 Å². The van der Waals surface area contributed by atoms with Crippen molar-refractivity contribution in [1.82, 2.24) is 0 Å². The molecule has 80 valence electrons. The van der Waals surface area contributed by atoms with Gasteiger partial charge in [-0.25, -0.2) is 4.39 Å². The van der Waals surface area contributed by atoms with E-state index in [2.05, 4.69) is 5.32 Å². The molecule has 1 aliphatic rings. The number of carbonyl (C=O) groups excluding carboxylic acids is 1. The number of alkyl halides is 2. The lowest BCUT2D eigenvalue weighted by Gasteiger charge is -2.07. The summed E-state index contributed by atoms with van der Waals surface area (Å²) in [6.45, 7) is 0. The molecule has 15 heavy (non-hydrogen) atoms. The molecular weight excluding hydrogens is 217 g/mol. The first-order valence-corrected chi connectivity index (χ1v) is 5.33. The van der Waals surface area contributed by atoms with Gasteiger partial charge in [0.25, 0.3) is 0 Å². The molecule has 0 radical (unpaired) electrons. The highest BCUT2D eigenvalue weighted by atomic mass is 35.5. The number of rotatable bonds is 3. The predicted molar refractivity (Wildman–Crippen MR) is 57.8 cm³/mol. The molecule has 1 N–H and O–H groups in total. The van der Waals surface area contributed by atoms with Crippen molar-refractivity contribution in [3.05, 3.63) is 29.8 Å².